The third-order valence-electron chi connectivity index (χ3n) is 6.00. The number of nitriles is 2. The van der Waals surface area contributed by atoms with Gasteiger partial charge in [0, 0.05) is 17.1 Å². The van der Waals surface area contributed by atoms with Crippen LogP contribution in [0.15, 0.2) is 27.8 Å². The van der Waals surface area contributed by atoms with E-state index in [1.54, 1.807) is 19.1 Å². The van der Waals surface area contributed by atoms with Crippen molar-refractivity contribution in [2.75, 3.05) is 23.4 Å². The van der Waals surface area contributed by atoms with E-state index >= 15 is 0 Å². The summed E-state index contributed by atoms with van der Waals surface area (Å²) in [5, 5.41) is 23.1. The fourth-order valence-electron chi connectivity index (χ4n) is 4.26. The van der Waals surface area contributed by atoms with E-state index in [4.69, 9.17) is 14.9 Å². The molecular formula is C26H25N5O4S2. The molecule has 37 heavy (non-hydrogen) atoms. The molecule has 0 saturated carbocycles. The number of nitrogens with zero attached hydrogens (tertiary/aromatic N) is 3. The Labute approximate surface area is 222 Å². The second-order valence-corrected chi connectivity index (χ2v) is 10.7. The zero-order valence-corrected chi connectivity index (χ0v) is 22.1. The monoisotopic (exact) mass is 535 g/mol. The summed E-state index contributed by atoms with van der Waals surface area (Å²) in [7, 11) is 0. The van der Waals surface area contributed by atoms with Crippen molar-refractivity contribution in [2.45, 2.75) is 44.6 Å². The molecule has 0 radical (unpaired) electrons. The topological polar surface area (TPSA) is 155 Å². The van der Waals surface area contributed by atoms with Gasteiger partial charge in [0.1, 0.15) is 39.3 Å². The molecular weight excluding hydrogens is 510 g/mol. The third-order valence-corrected chi connectivity index (χ3v) is 8.14. The molecule has 3 aromatic heterocycles. The van der Waals surface area contributed by atoms with Gasteiger partial charge in [-0.15, -0.1) is 23.1 Å². The standard InChI is InChI=1S/C26H25N5O4S2/c1-3-34-26(33)22-15-7-6-14(2)11-19(15)37-25(22)30-20(32)8-10-36-24-17(13-28)21(18-5-4-9-35-18)16(12-27)23(29)31-24/h4-5,9,14H,3,6-8,10-11H2,1-2H3,(H2,29,31)(H,30,32). The van der Waals surface area contributed by atoms with Crippen LogP contribution in [0.25, 0.3) is 11.3 Å². The second-order valence-electron chi connectivity index (χ2n) is 8.55. The lowest BCUT2D eigenvalue weighted by Gasteiger charge is -2.18. The highest BCUT2D eigenvalue weighted by molar-refractivity contribution is 7.99. The summed E-state index contributed by atoms with van der Waals surface area (Å²) in [5.74, 6) is 0.458. The lowest BCUT2D eigenvalue weighted by Crippen LogP contribution is -2.17. The number of carbonyl (C=O) groups is 2. The molecule has 0 spiro atoms. The van der Waals surface area contributed by atoms with Crippen molar-refractivity contribution in [1.29, 1.82) is 10.5 Å². The van der Waals surface area contributed by atoms with Crippen molar-refractivity contribution in [3.05, 3.63) is 45.5 Å². The van der Waals surface area contributed by atoms with Gasteiger partial charge in [-0.05, 0) is 49.8 Å². The molecule has 1 aliphatic carbocycles. The number of amides is 1. The summed E-state index contributed by atoms with van der Waals surface area (Å²) in [6.45, 7) is 4.19. The van der Waals surface area contributed by atoms with Crippen LogP contribution in [0.3, 0.4) is 0 Å². The lowest BCUT2D eigenvalue weighted by atomic mass is 9.88. The number of hydrogen-bond donors (Lipinski definition) is 2. The first-order valence-corrected chi connectivity index (χ1v) is 13.6. The van der Waals surface area contributed by atoms with Crippen LogP contribution in [-0.2, 0) is 22.4 Å². The SMILES string of the molecule is CCOC(=O)c1c(NC(=O)CCSc2nc(N)c(C#N)c(-c3ccco3)c2C#N)sc2c1CCC(C)C2. The number of furan rings is 1. The summed E-state index contributed by atoms with van der Waals surface area (Å²) in [4.78, 5) is 30.9. The van der Waals surface area contributed by atoms with Gasteiger partial charge in [0.05, 0.1) is 29.6 Å². The van der Waals surface area contributed by atoms with Crippen LogP contribution < -0.4 is 11.1 Å². The molecule has 0 aliphatic heterocycles. The van der Waals surface area contributed by atoms with Gasteiger partial charge in [-0.1, -0.05) is 6.92 Å². The number of nitrogen functional groups attached to an aromatic ring is 1. The van der Waals surface area contributed by atoms with Crippen LogP contribution in [0.2, 0.25) is 0 Å². The molecule has 9 nitrogen and oxygen atoms in total. The van der Waals surface area contributed by atoms with Crippen LogP contribution >= 0.6 is 23.1 Å². The summed E-state index contributed by atoms with van der Waals surface area (Å²) in [6.07, 6.45) is 4.20. The van der Waals surface area contributed by atoms with Crippen LogP contribution in [0.1, 0.15) is 58.6 Å². The van der Waals surface area contributed by atoms with Gasteiger partial charge in [0.15, 0.2) is 0 Å². The van der Waals surface area contributed by atoms with Crippen LogP contribution in [0.5, 0.6) is 0 Å². The number of thioether (sulfide) groups is 1. The van der Waals surface area contributed by atoms with Crippen molar-refractivity contribution in [2.24, 2.45) is 5.92 Å². The van der Waals surface area contributed by atoms with E-state index < -0.39 is 5.97 Å². The van der Waals surface area contributed by atoms with Gasteiger partial charge < -0.3 is 20.2 Å². The molecule has 1 unspecified atom stereocenters. The fraction of sp³-hybridized carbons (Fsp3) is 0.346. The number of nitrogens with two attached hydrogens (primary N) is 1. The molecule has 3 aromatic rings. The number of fused-ring (bicyclic) bond motifs is 1. The van der Waals surface area contributed by atoms with Gasteiger partial charge in [0.2, 0.25) is 5.91 Å². The number of anilines is 2. The average molecular weight is 536 g/mol. The molecule has 4 rings (SSSR count). The summed E-state index contributed by atoms with van der Waals surface area (Å²) in [6, 6.07) is 7.38. The maximum Gasteiger partial charge on any atom is 0.341 e. The predicted molar refractivity (Wildman–Crippen MR) is 141 cm³/mol. The third kappa shape index (κ3) is 5.48. The highest BCUT2D eigenvalue weighted by atomic mass is 32.2. The normalized spacial score (nSPS) is 14.3. The van der Waals surface area contributed by atoms with Gasteiger partial charge in [-0.2, -0.15) is 10.5 Å². The van der Waals surface area contributed by atoms with Crippen molar-refractivity contribution >= 4 is 45.8 Å². The van der Waals surface area contributed by atoms with Crippen molar-refractivity contribution < 1.29 is 18.7 Å². The summed E-state index contributed by atoms with van der Waals surface area (Å²) in [5.41, 5.74) is 7.96. The lowest BCUT2D eigenvalue weighted by molar-refractivity contribution is -0.115. The minimum atomic E-state index is -0.416. The zero-order valence-electron chi connectivity index (χ0n) is 20.4. The Morgan fingerprint density at radius 3 is 2.81 bits per heavy atom. The molecule has 0 bridgehead atoms. The molecule has 3 N–H and O–H groups in total. The molecule has 190 valence electrons. The Hall–Kier alpha value is -3.80. The number of nitrogens with one attached hydrogen (secondary N) is 1. The Kier molecular flexibility index (Phi) is 8.17. The smallest absolute Gasteiger partial charge is 0.341 e. The number of pyridine rings is 1. The van der Waals surface area contributed by atoms with Crippen molar-refractivity contribution in [3.8, 4) is 23.5 Å². The Morgan fingerprint density at radius 2 is 2.14 bits per heavy atom. The van der Waals surface area contributed by atoms with E-state index in [0.717, 1.165) is 29.7 Å². The Morgan fingerprint density at radius 1 is 1.35 bits per heavy atom. The average Bonchev–Trinajstić information content (AvgIpc) is 3.51. The van der Waals surface area contributed by atoms with Crippen molar-refractivity contribution in [3.63, 3.8) is 0 Å². The van der Waals surface area contributed by atoms with Gasteiger partial charge in [-0.25, -0.2) is 9.78 Å². The number of aromatic nitrogens is 1. The maximum absolute atomic E-state index is 12.9. The summed E-state index contributed by atoms with van der Waals surface area (Å²) >= 11 is 2.63. The Bertz CT molecular complexity index is 1420. The maximum atomic E-state index is 12.9. The van der Waals surface area contributed by atoms with Gasteiger partial charge >= 0.3 is 5.97 Å². The molecule has 0 saturated heterocycles. The fourth-order valence-corrected chi connectivity index (χ4v) is 6.61. The van der Waals surface area contributed by atoms with E-state index in [9.17, 15) is 20.1 Å². The highest BCUT2D eigenvalue weighted by Crippen LogP contribution is 2.40. The molecule has 1 amide bonds. The van der Waals surface area contributed by atoms with Crippen LogP contribution in [0, 0.1) is 28.6 Å². The quantitative estimate of drug-likeness (QED) is 0.294. The molecule has 1 atom stereocenters. The van der Waals surface area contributed by atoms with Crippen LogP contribution in [-0.4, -0.2) is 29.2 Å². The number of ether oxygens (including phenoxy) is 1. The zero-order chi connectivity index (χ0) is 26.5. The Balaban J connectivity index is 1.51. The first-order valence-electron chi connectivity index (χ1n) is 11.8. The number of rotatable bonds is 8. The number of esters is 1. The van der Waals surface area contributed by atoms with Gasteiger partial charge in [-0.3, -0.25) is 4.79 Å². The number of hydrogen-bond acceptors (Lipinski definition) is 10. The van der Waals surface area contributed by atoms with Gasteiger partial charge in [0.25, 0.3) is 0 Å². The number of carbonyl (C=O) groups excluding carboxylic acids is 2. The van der Waals surface area contributed by atoms with Crippen LogP contribution in [0.4, 0.5) is 10.8 Å². The summed E-state index contributed by atoms with van der Waals surface area (Å²) < 4.78 is 10.7. The minimum Gasteiger partial charge on any atom is -0.464 e. The van der Waals surface area contributed by atoms with E-state index in [2.05, 4.69) is 23.3 Å². The molecule has 1 aliphatic rings. The molecule has 3 heterocycles. The number of thiophene rings is 1. The van der Waals surface area contributed by atoms with E-state index in [1.165, 1.54) is 29.4 Å². The largest absolute Gasteiger partial charge is 0.464 e. The van der Waals surface area contributed by atoms with E-state index in [0.29, 0.717) is 33.0 Å². The molecule has 0 aromatic carbocycles. The molecule has 0 fully saturated rings. The molecule has 11 heteroatoms. The predicted octanol–water partition coefficient (Wildman–Crippen LogP) is 5.15. The van der Waals surface area contributed by atoms with E-state index in [1.807, 2.05) is 6.07 Å². The highest BCUT2D eigenvalue weighted by Gasteiger charge is 2.29. The van der Waals surface area contributed by atoms with E-state index in [-0.39, 0.29) is 41.4 Å². The first kappa shape index (κ1) is 26.3. The first-order chi connectivity index (χ1) is 17.9. The van der Waals surface area contributed by atoms with Crippen molar-refractivity contribution in [1.82, 2.24) is 4.98 Å². The minimum absolute atomic E-state index is 0.0164. The second kappa shape index (κ2) is 11.5.